The number of rotatable bonds is 6. The van der Waals surface area contributed by atoms with Crippen LogP contribution in [0.2, 0.25) is 0 Å². The van der Waals surface area contributed by atoms with Crippen molar-refractivity contribution < 1.29 is 14.7 Å². The van der Waals surface area contributed by atoms with Crippen LogP contribution in [-0.4, -0.2) is 47.6 Å². The molecule has 0 aliphatic rings. The summed E-state index contributed by atoms with van der Waals surface area (Å²) in [6.07, 6.45) is 4.98. The van der Waals surface area contributed by atoms with Gasteiger partial charge in [0, 0.05) is 6.04 Å². The number of carboxylic acids is 1. The van der Waals surface area contributed by atoms with Crippen molar-refractivity contribution in [3.63, 3.8) is 0 Å². The van der Waals surface area contributed by atoms with E-state index < -0.39 is 5.97 Å². The Hall–Kier alpha value is -1.54. The molecule has 0 aromatic rings. The maximum absolute atomic E-state index is 11.3. The molecule has 0 fully saturated rings. The Morgan fingerprint density at radius 3 is 2.47 bits per heavy atom. The predicted molar refractivity (Wildman–Crippen MR) is 56.2 cm³/mol. The Morgan fingerprint density at radius 1 is 1.47 bits per heavy atom. The number of hydrogen-bond donors (Lipinski definition) is 2. The van der Waals surface area contributed by atoms with Crippen LogP contribution in [0.3, 0.4) is 0 Å². The average Bonchev–Trinajstić information content (AvgIpc) is 2.12. The van der Waals surface area contributed by atoms with Crippen LogP contribution in [0.15, 0.2) is 0 Å². The van der Waals surface area contributed by atoms with Crippen LogP contribution in [0.25, 0.3) is 0 Å². The van der Waals surface area contributed by atoms with Crippen molar-refractivity contribution in [2.24, 2.45) is 0 Å². The first-order valence-electron chi connectivity index (χ1n) is 4.63. The van der Waals surface area contributed by atoms with Crippen LogP contribution >= 0.6 is 0 Å². The van der Waals surface area contributed by atoms with Gasteiger partial charge in [0.15, 0.2) is 0 Å². The normalized spacial score (nSPS) is 10.1. The first kappa shape index (κ1) is 13.5. The third kappa shape index (κ3) is 6.52. The lowest BCUT2D eigenvalue weighted by Gasteiger charge is -2.23. The van der Waals surface area contributed by atoms with Gasteiger partial charge in [0.25, 0.3) is 0 Å². The third-order valence-corrected chi connectivity index (χ3v) is 1.80. The Kier molecular flexibility index (Phi) is 6.14. The third-order valence-electron chi connectivity index (χ3n) is 1.80. The van der Waals surface area contributed by atoms with Gasteiger partial charge in [-0.25, -0.2) is 0 Å². The second kappa shape index (κ2) is 6.85. The molecule has 0 heterocycles. The van der Waals surface area contributed by atoms with Crippen LogP contribution in [0.5, 0.6) is 0 Å². The molecule has 0 atom stereocenters. The standard InChI is InChI=1S/C10H16N2O3/c1-4-5-11-9(13)6-12(8(2)3)7-10(14)15/h1,8H,5-7H2,2-3H3,(H,11,13)(H,14,15). The zero-order valence-corrected chi connectivity index (χ0v) is 8.99. The minimum absolute atomic E-state index is 0.00214. The molecule has 0 aliphatic heterocycles. The average molecular weight is 212 g/mol. The van der Waals surface area contributed by atoms with E-state index in [0.29, 0.717) is 0 Å². The first-order valence-corrected chi connectivity index (χ1v) is 4.63. The summed E-state index contributed by atoms with van der Waals surface area (Å²) in [5, 5.41) is 11.1. The second-order valence-corrected chi connectivity index (χ2v) is 3.37. The molecule has 15 heavy (non-hydrogen) atoms. The largest absolute Gasteiger partial charge is 0.480 e. The van der Waals surface area contributed by atoms with Gasteiger partial charge in [-0.1, -0.05) is 5.92 Å². The fourth-order valence-corrected chi connectivity index (χ4v) is 0.985. The number of nitrogens with one attached hydrogen (secondary N) is 1. The van der Waals surface area contributed by atoms with Crippen molar-refractivity contribution in [1.29, 1.82) is 0 Å². The van der Waals surface area contributed by atoms with E-state index in [4.69, 9.17) is 11.5 Å². The molecule has 0 rings (SSSR count). The maximum atomic E-state index is 11.3. The number of terminal acetylenes is 1. The van der Waals surface area contributed by atoms with E-state index in [0.717, 1.165) is 0 Å². The predicted octanol–water partition coefficient (Wildman–Crippen LogP) is -0.469. The number of carboxylic acid groups (broad SMARTS) is 1. The lowest BCUT2D eigenvalue weighted by Crippen LogP contribution is -2.43. The minimum Gasteiger partial charge on any atom is -0.480 e. The molecule has 0 saturated carbocycles. The van der Waals surface area contributed by atoms with Crippen molar-refractivity contribution in [1.82, 2.24) is 10.2 Å². The van der Waals surface area contributed by atoms with Crippen LogP contribution < -0.4 is 5.32 Å². The van der Waals surface area contributed by atoms with Gasteiger partial charge in [0.1, 0.15) is 0 Å². The zero-order chi connectivity index (χ0) is 11.8. The lowest BCUT2D eigenvalue weighted by atomic mass is 10.3. The van der Waals surface area contributed by atoms with E-state index in [1.165, 1.54) is 0 Å². The van der Waals surface area contributed by atoms with Gasteiger partial charge in [-0.15, -0.1) is 6.42 Å². The summed E-state index contributed by atoms with van der Waals surface area (Å²) in [7, 11) is 0. The fraction of sp³-hybridized carbons (Fsp3) is 0.600. The van der Waals surface area contributed by atoms with E-state index in [-0.39, 0.29) is 31.6 Å². The number of amides is 1. The Labute approximate surface area is 89.4 Å². The molecule has 0 saturated heterocycles. The molecular weight excluding hydrogens is 196 g/mol. The monoisotopic (exact) mass is 212 g/mol. The van der Waals surface area contributed by atoms with E-state index in [2.05, 4.69) is 11.2 Å². The summed E-state index contributed by atoms with van der Waals surface area (Å²) in [6, 6.07) is -0.00214. The summed E-state index contributed by atoms with van der Waals surface area (Å²) >= 11 is 0. The number of aliphatic carboxylic acids is 1. The van der Waals surface area contributed by atoms with Crippen LogP contribution in [0.1, 0.15) is 13.8 Å². The molecule has 84 valence electrons. The number of carbonyl (C=O) groups is 2. The van der Waals surface area contributed by atoms with Crippen LogP contribution in [-0.2, 0) is 9.59 Å². The van der Waals surface area contributed by atoms with Gasteiger partial charge in [-0.05, 0) is 13.8 Å². The maximum Gasteiger partial charge on any atom is 0.317 e. The number of hydrogen-bond acceptors (Lipinski definition) is 3. The lowest BCUT2D eigenvalue weighted by molar-refractivity contribution is -0.139. The zero-order valence-electron chi connectivity index (χ0n) is 8.99. The molecule has 1 amide bonds. The molecule has 0 aliphatic carbocycles. The van der Waals surface area contributed by atoms with E-state index in [9.17, 15) is 9.59 Å². The SMILES string of the molecule is C#CCNC(=O)CN(CC(=O)O)C(C)C. The molecule has 0 aromatic heterocycles. The Bertz CT molecular complexity index is 268. The molecule has 0 spiro atoms. The molecule has 0 bridgehead atoms. The van der Waals surface area contributed by atoms with Gasteiger partial charge in [0.2, 0.25) is 5.91 Å². The van der Waals surface area contributed by atoms with Crippen molar-refractivity contribution in [3.8, 4) is 12.3 Å². The molecular formula is C10H16N2O3. The van der Waals surface area contributed by atoms with Crippen molar-refractivity contribution in [2.45, 2.75) is 19.9 Å². The van der Waals surface area contributed by atoms with Gasteiger partial charge in [0.05, 0.1) is 19.6 Å². The molecule has 0 radical (unpaired) electrons. The number of carbonyl (C=O) groups excluding carboxylic acids is 1. The van der Waals surface area contributed by atoms with Crippen molar-refractivity contribution in [2.75, 3.05) is 19.6 Å². The summed E-state index contributed by atoms with van der Waals surface area (Å²) < 4.78 is 0. The molecule has 5 heteroatoms. The highest BCUT2D eigenvalue weighted by Gasteiger charge is 2.16. The summed E-state index contributed by atoms with van der Waals surface area (Å²) in [5.74, 6) is 1.06. The molecule has 5 nitrogen and oxygen atoms in total. The van der Waals surface area contributed by atoms with Crippen LogP contribution in [0, 0.1) is 12.3 Å². The van der Waals surface area contributed by atoms with E-state index in [1.54, 1.807) is 4.90 Å². The highest BCUT2D eigenvalue weighted by Crippen LogP contribution is 1.96. The number of nitrogens with zero attached hydrogens (tertiary/aromatic N) is 1. The molecule has 0 aromatic carbocycles. The van der Waals surface area contributed by atoms with Crippen molar-refractivity contribution >= 4 is 11.9 Å². The minimum atomic E-state index is -0.951. The fourth-order valence-electron chi connectivity index (χ4n) is 0.985. The summed E-state index contributed by atoms with van der Waals surface area (Å²) in [4.78, 5) is 23.3. The van der Waals surface area contributed by atoms with Gasteiger partial charge in [-0.2, -0.15) is 0 Å². The first-order chi connectivity index (χ1) is 6.97. The molecule has 0 unspecified atom stereocenters. The summed E-state index contributed by atoms with van der Waals surface area (Å²) in [5.41, 5.74) is 0. The second-order valence-electron chi connectivity index (χ2n) is 3.37. The molecule has 2 N–H and O–H groups in total. The van der Waals surface area contributed by atoms with E-state index >= 15 is 0 Å². The smallest absolute Gasteiger partial charge is 0.317 e. The van der Waals surface area contributed by atoms with Crippen LogP contribution in [0.4, 0.5) is 0 Å². The summed E-state index contributed by atoms with van der Waals surface area (Å²) in [6.45, 7) is 3.72. The van der Waals surface area contributed by atoms with Gasteiger partial charge < -0.3 is 10.4 Å². The highest BCUT2D eigenvalue weighted by atomic mass is 16.4. The van der Waals surface area contributed by atoms with Crippen molar-refractivity contribution in [3.05, 3.63) is 0 Å². The Morgan fingerprint density at radius 2 is 2.07 bits per heavy atom. The highest BCUT2D eigenvalue weighted by molar-refractivity contribution is 5.79. The van der Waals surface area contributed by atoms with E-state index in [1.807, 2.05) is 13.8 Å². The quantitative estimate of drug-likeness (QED) is 0.584. The topological polar surface area (TPSA) is 69.6 Å². The Balaban J connectivity index is 4.11. The van der Waals surface area contributed by atoms with Gasteiger partial charge in [-0.3, -0.25) is 14.5 Å². The van der Waals surface area contributed by atoms with Gasteiger partial charge >= 0.3 is 5.97 Å².